The number of aryl methyl sites for hydroxylation is 1. The molecule has 0 aliphatic heterocycles. The number of halogens is 1. The van der Waals surface area contributed by atoms with Crippen molar-refractivity contribution in [3.8, 4) is 0 Å². The van der Waals surface area contributed by atoms with Crippen molar-refractivity contribution in [1.29, 1.82) is 0 Å². The Morgan fingerprint density at radius 2 is 2.11 bits per heavy atom. The van der Waals surface area contributed by atoms with Gasteiger partial charge >= 0.3 is 0 Å². The van der Waals surface area contributed by atoms with E-state index in [1.165, 1.54) is 5.56 Å². The summed E-state index contributed by atoms with van der Waals surface area (Å²) in [7, 11) is 0. The van der Waals surface area contributed by atoms with Gasteiger partial charge in [0.25, 0.3) is 0 Å². The fraction of sp³-hybridized carbons (Fsp3) is 0.133. The lowest BCUT2D eigenvalue weighted by molar-refractivity contribution is 1.10. The summed E-state index contributed by atoms with van der Waals surface area (Å²) in [5.74, 6) is 0.793. The third-order valence-corrected chi connectivity index (χ3v) is 3.40. The van der Waals surface area contributed by atoms with Gasteiger partial charge in [0, 0.05) is 6.20 Å². The Labute approximate surface area is 116 Å². The maximum absolute atomic E-state index is 6.12. The lowest BCUT2D eigenvalue weighted by Gasteiger charge is -2.03. The van der Waals surface area contributed by atoms with Crippen LogP contribution >= 0.6 is 11.6 Å². The number of fused-ring (bicyclic) bond motifs is 1. The summed E-state index contributed by atoms with van der Waals surface area (Å²) in [6.07, 6.45) is 4.99. The van der Waals surface area contributed by atoms with Crippen molar-refractivity contribution in [2.24, 2.45) is 0 Å². The molecule has 3 nitrogen and oxygen atoms in total. The Bertz CT molecular complexity index is 718. The van der Waals surface area contributed by atoms with Gasteiger partial charge in [-0.2, -0.15) is 0 Å². The van der Waals surface area contributed by atoms with Crippen LogP contribution < -0.4 is 5.32 Å². The Balaban J connectivity index is 1.95. The zero-order valence-corrected chi connectivity index (χ0v) is 11.4. The van der Waals surface area contributed by atoms with Gasteiger partial charge in [-0.1, -0.05) is 30.7 Å². The number of imidazole rings is 1. The van der Waals surface area contributed by atoms with Crippen molar-refractivity contribution in [3.63, 3.8) is 0 Å². The fourth-order valence-corrected chi connectivity index (χ4v) is 2.19. The van der Waals surface area contributed by atoms with E-state index in [2.05, 4.69) is 29.4 Å². The van der Waals surface area contributed by atoms with E-state index >= 15 is 0 Å². The molecule has 19 heavy (non-hydrogen) atoms. The Kier molecular flexibility index (Phi) is 3.13. The van der Waals surface area contributed by atoms with Gasteiger partial charge in [0.1, 0.15) is 11.5 Å². The molecule has 0 aliphatic rings. The number of pyridine rings is 1. The second-order valence-electron chi connectivity index (χ2n) is 4.39. The highest BCUT2D eigenvalue weighted by molar-refractivity contribution is 6.33. The van der Waals surface area contributed by atoms with E-state index in [1.807, 2.05) is 41.1 Å². The van der Waals surface area contributed by atoms with E-state index in [4.69, 9.17) is 11.6 Å². The monoisotopic (exact) mass is 271 g/mol. The van der Waals surface area contributed by atoms with Gasteiger partial charge < -0.3 is 9.72 Å². The smallest absolute Gasteiger partial charge is 0.149 e. The molecule has 1 aromatic carbocycles. The number of hydrogen-bond acceptors (Lipinski definition) is 2. The van der Waals surface area contributed by atoms with E-state index < -0.39 is 0 Å². The molecule has 0 fully saturated rings. The van der Waals surface area contributed by atoms with Gasteiger partial charge in [-0.25, -0.2) is 4.98 Å². The maximum atomic E-state index is 6.12. The molecule has 0 bridgehead atoms. The average molecular weight is 272 g/mol. The van der Waals surface area contributed by atoms with Crippen LogP contribution in [0.1, 0.15) is 12.5 Å². The summed E-state index contributed by atoms with van der Waals surface area (Å²) in [6.45, 7) is 2.14. The summed E-state index contributed by atoms with van der Waals surface area (Å²) >= 11 is 6.12. The number of aromatic nitrogens is 2. The number of nitrogens with one attached hydrogen (secondary N) is 1. The summed E-state index contributed by atoms with van der Waals surface area (Å²) in [5, 5.41) is 3.92. The van der Waals surface area contributed by atoms with Crippen LogP contribution in [0, 0.1) is 0 Å². The predicted octanol–water partition coefficient (Wildman–Crippen LogP) is 4.29. The fourth-order valence-electron chi connectivity index (χ4n) is 2.00. The summed E-state index contributed by atoms with van der Waals surface area (Å²) < 4.78 is 2.00. The molecule has 0 spiro atoms. The Morgan fingerprint density at radius 1 is 1.26 bits per heavy atom. The summed E-state index contributed by atoms with van der Waals surface area (Å²) in [5.41, 5.74) is 3.08. The number of nitrogens with zero attached hydrogens (tertiary/aromatic N) is 2. The molecule has 0 atom stereocenters. The third-order valence-electron chi connectivity index (χ3n) is 3.07. The number of hydrogen-bond donors (Lipinski definition) is 1. The molecular formula is C15H14ClN3. The number of benzene rings is 1. The van der Waals surface area contributed by atoms with Gasteiger partial charge in [-0.05, 0) is 36.2 Å². The molecule has 1 N–H and O–H groups in total. The van der Waals surface area contributed by atoms with Gasteiger partial charge in [-0.15, -0.1) is 0 Å². The van der Waals surface area contributed by atoms with Crippen molar-refractivity contribution in [2.75, 3.05) is 5.32 Å². The highest BCUT2D eigenvalue weighted by Crippen LogP contribution is 2.24. The summed E-state index contributed by atoms with van der Waals surface area (Å²) in [4.78, 5) is 4.55. The Morgan fingerprint density at radius 3 is 2.89 bits per heavy atom. The first-order valence-electron chi connectivity index (χ1n) is 6.25. The molecule has 0 saturated heterocycles. The first-order valence-corrected chi connectivity index (χ1v) is 6.63. The first kappa shape index (κ1) is 12.1. The van der Waals surface area contributed by atoms with E-state index in [9.17, 15) is 0 Å². The standard InChI is InChI=1S/C15H14ClN3/c1-2-11-7-8-19-10-14(18-15(19)9-11)17-13-6-4-3-5-12(13)16/h3-10,17H,2H2,1H3. The molecule has 0 amide bonds. The van der Waals surface area contributed by atoms with Crippen molar-refractivity contribution >= 4 is 28.8 Å². The van der Waals surface area contributed by atoms with E-state index in [0.29, 0.717) is 5.02 Å². The van der Waals surface area contributed by atoms with Gasteiger partial charge in [0.2, 0.25) is 0 Å². The SMILES string of the molecule is CCc1ccn2cc(Nc3ccccc3Cl)nc2c1. The molecule has 0 saturated carbocycles. The van der Waals surface area contributed by atoms with Gasteiger partial charge in [-0.3, -0.25) is 0 Å². The van der Waals surface area contributed by atoms with E-state index in [-0.39, 0.29) is 0 Å². The minimum atomic E-state index is 0.689. The van der Waals surface area contributed by atoms with Crippen molar-refractivity contribution in [3.05, 3.63) is 59.4 Å². The Hall–Kier alpha value is -2.00. The third kappa shape index (κ3) is 2.42. The maximum Gasteiger partial charge on any atom is 0.149 e. The van der Waals surface area contributed by atoms with Crippen LogP contribution in [-0.4, -0.2) is 9.38 Å². The first-order chi connectivity index (χ1) is 9.26. The zero-order chi connectivity index (χ0) is 13.2. The molecule has 3 aromatic rings. The average Bonchev–Trinajstić information content (AvgIpc) is 2.82. The minimum absolute atomic E-state index is 0.689. The molecule has 0 unspecified atom stereocenters. The number of rotatable bonds is 3. The van der Waals surface area contributed by atoms with E-state index in [1.54, 1.807) is 0 Å². The molecule has 0 radical (unpaired) electrons. The molecule has 2 aromatic heterocycles. The molecule has 4 heteroatoms. The highest BCUT2D eigenvalue weighted by Gasteiger charge is 2.04. The number of para-hydroxylation sites is 1. The van der Waals surface area contributed by atoms with Crippen LogP contribution in [0.25, 0.3) is 5.65 Å². The largest absolute Gasteiger partial charge is 0.338 e. The highest BCUT2D eigenvalue weighted by atomic mass is 35.5. The quantitative estimate of drug-likeness (QED) is 0.770. The zero-order valence-electron chi connectivity index (χ0n) is 10.6. The van der Waals surface area contributed by atoms with Crippen LogP contribution in [0.5, 0.6) is 0 Å². The van der Waals surface area contributed by atoms with Crippen LogP contribution in [0.2, 0.25) is 5.02 Å². The van der Waals surface area contributed by atoms with Gasteiger partial charge in [0.15, 0.2) is 0 Å². The second kappa shape index (κ2) is 4.94. The molecule has 2 heterocycles. The van der Waals surface area contributed by atoms with Crippen molar-refractivity contribution in [2.45, 2.75) is 13.3 Å². The molecule has 0 aliphatic carbocycles. The molecule has 96 valence electrons. The minimum Gasteiger partial charge on any atom is -0.338 e. The molecular weight excluding hydrogens is 258 g/mol. The lowest BCUT2D eigenvalue weighted by Crippen LogP contribution is -1.90. The lowest BCUT2D eigenvalue weighted by atomic mass is 10.2. The number of anilines is 2. The van der Waals surface area contributed by atoms with Crippen molar-refractivity contribution < 1.29 is 0 Å². The normalized spacial score (nSPS) is 10.8. The van der Waals surface area contributed by atoms with Crippen LogP contribution in [0.15, 0.2) is 48.8 Å². The van der Waals surface area contributed by atoms with E-state index in [0.717, 1.165) is 23.6 Å². The second-order valence-corrected chi connectivity index (χ2v) is 4.79. The van der Waals surface area contributed by atoms with Crippen LogP contribution in [0.3, 0.4) is 0 Å². The predicted molar refractivity (Wildman–Crippen MR) is 79.3 cm³/mol. The topological polar surface area (TPSA) is 29.3 Å². The molecule has 3 rings (SSSR count). The van der Waals surface area contributed by atoms with Crippen LogP contribution in [-0.2, 0) is 6.42 Å². The summed E-state index contributed by atoms with van der Waals surface area (Å²) in [6, 6.07) is 11.8. The van der Waals surface area contributed by atoms with Crippen molar-refractivity contribution in [1.82, 2.24) is 9.38 Å². The van der Waals surface area contributed by atoms with Gasteiger partial charge in [0.05, 0.1) is 16.9 Å². The van der Waals surface area contributed by atoms with Crippen LogP contribution in [0.4, 0.5) is 11.5 Å².